The van der Waals surface area contributed by atoms with E-state index in [-0.39, 0.29) is 0 Å². The van der Waals surface area contributed by atoms with Crippen LogP contribution in [0.3, 0.4) is 0 Å². The molecule has 4 N–H and O–H groups in total. The molecule has 1 aromatic rings. The number of nitrogens with two attached hydrogens (primary N) is 1. The van der Waals surface area contributed by atoms with Crippen molar-refractivity contribution in [1.82, 2.24) is 4.98 Å². The van der Waals surface area contributed by atoms with Gasteiger partial charge in [0, 0.05) is 31.5 Å². The molecule has 0 amide bonds. The minimum atomic E-state index is -0.667. The molecule has 0 bridgehead atoms. The highest BCUT2D eigenvalue weighted by atomic mass is 16.3. The summed E-state index contributed by atoms with van der Waals surface area (Å²) in [5.74, 6) is 0. The van der Waals surface area contributed by atoms with E-state index in [9.17, 15) is 10.2 Å². The van der Waals surface area contributed by atoms with Gasteiger partial charge in [0.2, 0.25) is 0 Å². The zero-order chi connectivity index (χ0) is 10.8. The van der Waals surface area contributed by atoms with Gasteiger partial charge in [0.1, 0.15) is 0 Å². The van der Waals surface area contributed by atoms with Crippen LogP contribution in [0.4, 0.5) is 5.69 Å². The molecule has 5 heteroatoms. The van der Waals surface area contributed by atoms with Gasteiger partial charge in [-0.2, -0.15) is 0 Å². The molecule has 1 fully saturated rings. The first-order chi connectivity index (χ1) is 7.20. The SMILES string of the molecule is NCc1cc(N2CC(O)C(O)C2)ccn1. The van der Waals surface area contributed by atoms with E-state index in [4.69, 9.17) is 5.73 Å². The molecule has 1 aliphatic heterocycles. The van der Waals surface area contributed by atoms with Gasteiger partial charge in [0.05, 0.1) is 17.9 Å². The molecule has 1 aromatic heterocycles. The molecule has 2 atom stereocenters. The molecule has 0 spiro atoms. The van der Waals surface area contributed by atoms with Crippen LogP contribution in [0.5, 0.6) is 0 Å². The van der Waals surface area contributed by atoms with Gasteiger partial charge < -0.3 is 20.8 Å². The van der Waals surface area contributed by atoms with Gasteiger partial charge in [-0.3, -0.25) is 4.98 Å². The number of pyridine rings is 1. The van der Waals surface area contributed by atoms with Gasteiger partial charge in [0.25, 0.3) is 0 Å². The molecule has 2 rings (SSSR count). The number of aromatic nitrogens is 1. The van der Waals surface area contributed by atoms with Gasteiger partial charge in [-0.05, 0) is 12.1 Å². The van der Waals surface area contributed by atoms with E-state index in [0.717, 1.165) is 11.4 Å². The molecule has 15 heavy (non-hydrogen) atoms. The summed E-state index contributed by atoms with van der Waals surface area (Å²) < 4.78 is 0. The molecule has 82 valence electrons. The lowest BCUT2D eigenvalue weighted by Gasteiger charge is -2.17. The van der Waals surface area contributed by atoms with Crippen LogP contribution in [0, 0.1) is 0 Å². The normalized spacial score (nSPS) is 25.9. The second-order valence-electron chi connectivity index (χ2n) is 3.75. The van der Waals surface area contributed by atoms with Crippen LogP contribution in [-0.4, -0.2) is 40.5 Å². The first-order valence-corrected chi connectivity index (χ1v) is 4.97. The van der Waals surface area contributed by atoms with E-state index in [1.807, 2.05) is 17.0 Å². The predicted octanol–water partition coefficient (Wildman–Crippen LogP) is -0.918. The van der Waals surface area contributed by atoms with Crippen LogP contribution < -0.4 is 10.6 Å². The Morgan fingerprint density at radius 3 is 2.67 bits per heavy atom. The summed E-state index contributed by atoms with van der Waals surface area (Å²) in [4.78, 5) is 6.02. The number of aliphatic hydroxyl groups is 2. The number of β-amino-alcohol motifs (C(OH)–C–C–N with tert-alkyl or cyclic N) is 2. The van der Waals surface area contributed by atoms with Crippen LogP contribution in [0.2, 0.25) is 0 Å². The molecule has 0 aromatic carbocycles. The van der Waals surface area contributed by atoms with Crippen molar-refractivity contribution < 1.29 is 10.2 Å². The standard InChI is InChI=1S/C10H15N3O2/c11-4-7-3-8(1-2-12-7)13-5-9(14)10(15)6-13/h1-3,9-10,14-15H,4-6,11H2. The largest absolute Gasteiger partial charge is 0.389 e. The van der Waals surface area contributed by atoms with Gasteiger partial charge in [-0.15, -0.1) is 0 Å². The Morgan fingerprint density at radius 1 is 1.40 bits per heavy atom. The molecule has 1 saturated heterocycles. The maximum absolute atomic E-state index is 9.42. The Hall–Kier alpha value is -1.17. The highest BCUT2D eigenvalue weighted by Gasteiger charge is 2.29. The topological polar surface area (TPSA) is 82.6 Å². The van der Waals surface area contributed by atoms with Crippen molar-refractivity contribution >= 4 is 5.69 Å². The molecule has 0 aliphatic carbocycles. The Labute approximate surface area is 88.2 Å². The Balaban J connectivity index is 2.16. The molecular formula is C10H15N3O2. The fraction of sp³-hybridized carbons (Fsp3) is 0.500. The Morgan fingerprint density at radius 2 is 2.07 bits per heavy atom. The van der Waals surface area contributed by atoms with Crippen molar-refractivity contribution in [2.24, 2.45) is 5.73 Å². The van der Waals surface area contributed by atoms with E-state index in [0.29, 0.717) is 19.6 Å². The van der Waals surface area contributed by atoms with Gasteiger partial charge >= 0.3 is 0 Å². The highest BCUT2D eigenvalue weighted by Crippen LogP contribution is 2.20. The highest BCUT2D eigenvalue weighted by molar-refractivity contribution is 5.48. The quantitative estimate of drug-likeness (QED) is 0.587. The molecule has 2 heterocycles. The molecular weight excluding hydrogens is 194 g/mol. The Kier molecular flexibility index (Phi) is 2.86. The lowest BCUT2D eigenvalue weighted by molar-refractivity contribution is 0.0572. The second kappa shape index (κ2) is 4.14. The molecule has 0 saturated carbocycles. The van der Waals surface area contributed by atoms with Crippen LogP contribution >= 0.6 is 0 Å². The Bertz CT molecular complexity index is 335. The summed E-state index contributed by atoms with van der Waals surface area (Å²) in [7, 11) is 0. The van der Waals surface area contributed by atoms with E-state index in [1.165, 1.54) is 0 Å². The van der Waals surface area contributed by atoms with Crippen molar-refractivity contribution in [3.63, 3.8) is 0 Å². The van der Waals surface area contributed by atoms with Crippen molar-refractivity contribution in [2.75, 3.05) is 18.0 Å². The summed E-state index contributed by atoms with van der Waals surface area (Å²) >= 11 is 0. The lowest BCUT2D eigenvalue weighted by Crippen LogP contribution is -2.22. The third kappa shape index (κ3) is 2.09. The third-order valence-corrected chi connectivity index (χ3v) is 2.63. The first-order valence-electron chi connectivity index (χ1n) is 4.97. The van der Waals surface area contributed by atoms with Crippen LogP contribution in [0.25, 0.3) is 0 Å². The minimum absolute atomic E-state index is 0.396. The van der Waals surface area contributed by atoms with Gasteiger partial charge in [0.15, 0.2) is 0 Å². The zero-order valence-corrected chi connectivity index (χ0v) is 8.37. The monoisotopic (exact) mass is 209 g/mol. The van der Waals surface area contributed by atoms with Gasteiger partial charge in [-0.1, -0.05) is 0 Å². The fourth-order valence-electron chi connectivity index (χ4n) is 1.75. The summed E-state index contributed by atoms with van der Waals surface area (Å²) in [5, 5.41) is 18.8. The summed E-state index contributed by atoms with van der Waals surface area (Å²) in [6.07, 6.45) is 0.355. The van der Waals surface area contributed by atoms with Crippen LogP contribution in [-0.2, 0) is 6.54 Å². The van der Waals surface area contributed by atoms with E-state index in [2.05, 4.69) is 4.98 Å². The number of aliphatic hydroxyl groups excluding tert-OH is 2. The number of nitrogens with zero attached hydrogens (tertiary/aromatic N) is 2. The molecule has 5 nitrogen and oxygen atoms in total. The zero-order valence-electron chi connectivity index (χ0n) is 8.37. The molecule has 1 aliphatic rings. The van der Waals surface area contributed by atoms with Crippen molar-refractivity contribution in [2.45, 2.75) is 18.8 Å². The van der Waals surface area contributed by atoms with E-state index >= 15 is 0 Å². The van der Waals surface area contributed by atoms with E-state index < -0.39 is 12.2 Å². The minimum Gasteiger partial charge on any atom is -0.389 e. The van der Waals surface area contributed by atoms with Crippen LogP contribution in [0.1, 0.15) is 5.69 Å². The molecule has 0 radical (unpaired) electrons. The average Bonchev–Trinajstić information content (AvgIpc) is 2.59. The number of anilines is 1. The maximum atomic E-state index is 9.42. The summed E-state index contributed by atoms with van der Waals surface area (Å²) in [6, 6.07) is 3.73. The van der Waals surface area contributed by atoms with E-state index in [1.54, 1.807) is 6.20 Å². The van der Waals surface area contributed by atoms with Crippen molar-refractivity contribution in [3.05, 3.63) is 24.0 Å². The number of hydrogen-bond donors (Lipinski definition) is 3. The van der Waals surface area contributed by atoms with Crippen LogP contribution in [0.15, 0.2) is 18.3 Å². The lowest BCUT2D eigenvalue weighted by atomic mass is 10.3. The second-order valence-corrected chi connectivity index (χ2v) is 3.75. The fourth-order valence-corrected chi connectivity index (χ4v) is 1.75. The molecule has 2 unspecified atom stereocenters. The average molecular weight is 209 g/mol. The number of hydrogen-bond acceptors (Lipinski definition) is 5. The van der Waals surface area contributed by atoms with Crippen molar-refractivity contribution in [3.8, 4) is 0 Å². The predicted molar refractivity (Wildman–Crippen MR) is 56.4 cm³/mol. The van der Waals surface area contributed by atoms with Crippen molar-refractivity contribution in [1.29, 1.82) is 0 Å². The third-order valence-electron chi connectivity index (χ3n) is 2.63. The smallest absolute Gasteiger partial charge is 0.0990 e. The summed E-state index contributed by atoms with van der Waals surface area (Å²) in [6.45, 7) is 1.30. The first kappa shape index (κ1) is 10.4. The summed E-state index contributed by atoms with van der Waals surface area (Å²) in [5.41, 5.74) is 7.25. The number of rotatable bonds is 2. The van der Waals surface area contributed by atoms with Gasteiger partial charge in [-0.25, -0.2) is 0 Å². The maximum Gasteiger partial charge on any atom is 0.0990 e.